The number of hydrogen-bond donors (Lipinski definition) is 1. The lowest BCUT2D eigenvalue weighted by atomic mass is 10.1. The number of likely N-dealkylation sites (N-methyl/N-ethyl adjacent to an activating group) is 1. The highest BCUT2D eigenvalue weighted by Gasteiger charge is 2.22. The Hall–Kier alpha value is -1.44. The number of nitrogens with one attached hydrogen (secondary N) is 1. The summed E-state index contributed by atoms with van der Waals surface area (Å²) < 4.78 is 25.6. The summed E-state index contributed by atoms with van der Waals surface area (Å²) in [5.41, 5.74) is 2.86. The average molecular weight is 299 g/mol. The van der Waals surface area contributed by atoms with Crippen molar-refractivity contribution in [1.29, 1.82) is 0 Å². The largest absolute Gasteiger partial charge is 0.325 e. The van der Waals surface area contributed by atoms with E-state index in [2.05, 4.69) is 5.32 Å². The van der Waals surface area contributed by atoms with Crippen LogP contribution in [-0.4, -0.2) is 50.6 Å². The van der Waals surface area contributed by atoms with Crippen LogP contribution < -0.4 is 5.32 Å². The highest BCUT2D eigenvalue weighted by atomic mass is 32.2. The van der Waals surface area contributed by atoms with E-state index >= 15 is 0 Å². The zero-order chi connectivity index (χ0) is 15.5. The quantitative estimate of drug-likeness (QED) is 0.881. The van der Waals surface area contributed by atoms with Crippen LogP contribution in [0.2, 0.25) is 0 Å². The fourth-order valence-electron chi connectivity index (χ4n) is 1.58. The topological polar surface area (TPSA) is 69.7 Å². The molecule has 1 amide bonds. The Kier molecular flexibility index (Phi) is 5.27. The molecule has 0 saturated carbocycles. The molecule has 0 aliphatic carbocycles. The molecule has 1 aromatic rings. The Labute approximate surface area is 120 Å². The lowest BCUT2D eigenvalue weighted by Gasteiger charge is -2.20. The van der Waals surface area contributed by atoms with E-state index in [-0.39, 0.29) is 12.5 Å². The highest BCUT2D eigenvalue weighted by molar-refractivity contribution is 7.86. The fraction of sp³-hybridized carbons (Fsp3) is 0.462. The van der Waals surface area contributed by atoms with E-state index in [1.54, 1.807) is 6.07 Å². The van der Waals surface area contributed by atoms with Gasteiger partial charge in [-0.25, -0.2) is 0 Å². The molecule has 0 fully saturated rings. The maximum atomic E-state index is 11.9. The molecular formula is C13H21N3O3S. The Morgan fingerprint density at radius 2 is 1.75 bits per heavy atom. The van der Waals surface area contributed by atoms with Gasteiger partial charge in [-0.05, 0) is 37.1 Å². The molecule has 0 aliphatic heterocycles. The van der Waals surface area contributed by atoms with Crippen molar-refractivity contribution < 1.29 is 13.2 Å². The molecule has 1 aromatic carbocycles. The van der Waals surface area contributed by atoms with E-state index < -0.39 is 10.2 Å². The van der Waals surface area contributed by atoms with Crippen molar-refractivity contribution in [2.24, 2.45) is 0 Å². The molecule has 0 spiro atoms. The van der Waals surface area contributed by atoms with Gasteiger partial charge >= 0.3 is 0 Å². The van der Waals surface area contributed by atoms with E-state index in [9.17, 15) is 13.2 Å². The maximum Gasteiger partial charge on any atom is 0.281 e. The molecule has 1 N–H and O–H groups in total. The number of aryl methyl sites for hydroxylation is 2. The third kappa shape index (κ3) is 4.03. The molecule has 0 unspecified atom stereocenters. The lowest BCUT2D eigenvalue weighted by molar-refractivity contribution is -0.116. The zero-order valence-electron chi connectivity index (χ0n) is 12.5. The minimum absolute atomic E-state index is 0.229. The van der Waals surface area contributed by atoms with Crippen molar-refractivity contribution in [2.75, 3.05) is 33.0 Å². The van der Waals surface area contributed by atoms with Crippen molar-refractivity contribution in [3.8, 4) is 0 Å². The second-order valence-electron chi connectivity index (χ2n) is 4.89. The first-order chi connectivity index (χ1) is 9.14. The molecule has 7 heteroatoms. The van der Waals surface area contributed by atoms with Crippen LogP contribution in [0.3, 0.4) is 0 Å². The SMILES string of the molecule is Cc1ccc(NC(=O)CN(C)S(=O)(=O)N(C)C)cc1C. The molecule has 112 valence electrons. The minimum atomic E-state index is -3.57. The van der Waals surface area contributed by atoms with Crippen LogP contribution in [0.1, 0.15) is 11.1 Å². The number of carbonyl (C=O) groups excluding carboxylic acids is 1. The third-order valence-corrected chi connectivity index (χ3v) is 4.85. The highest BCUT2D eigenvalue weighted by Crippen LogP contribution is 2.14. The van der Waals surface area contributed by atoms with Crippen LogP contribution in [-0.2, 0) is 15.0 Å². The van der Waals surface area contributed by atoms with E-state index in [0.717, 1.165) is 19.7 Å². The smallest absolute Gasteiger partial charge is 0.281 e. The minimum Gasteiger partial charge on any atom is -0.325 e. The first-order valence-corrected chi connectivity index (χ1v) is 7.55. The summed E-state index contributed by atoms with van der Waals surface area (Å²) in [5.74, 6) is -0.374. The molecule has 0 aliphatic rings. The van der Waals surface area contributed by atoms with Gasteiger partial charge in [0.25, 0.3) is 10.2 Å². The summed E-state index contributed by atoms with van der Waals surface area (Å²) in [4.78, 5) is 11.9. The summed E-state index contributed by atoms with van der Waals surface area (Å²) in [6.07, 6.45) is 0. The molecule has 0 radical (unpaired) electrons. The summed E-state index contributed by atoms with van der Waals surface area (Å²) in [5, 5.41) is 2.69. The van der Waals surface area contributed by atoms with Crippen LogP contribution in [0, 0.1) is 13.8 Å². The maximum absolute atomic E-state index is 11.9. The van der Waals surface area contributed by atoms with Crippen molar-refractivity contribution in [3.05, 3.63) is 29.3 Å². The first-order valence-electron chi connectivity index (χ1n) is 6.15. The normalized spacial score (nSPS) is 11.9. The number of anilines is 1. The van der Waals surface area contributed by atoms with Gasteiger partial charge in [-0.15, -0.1) is 0 Å². The van der Waals surface area contributed by atoms with Gasteiger partial charge in [0.05, 0.1) is 6.54 Å². The van der Waals surface area contributed by atoms with Crippen molar-refractivity contribution in [2.45, 2.75) is 13.8 Å². The monoisotopic (exact) mass is 299 g/mol. The molecule has 0 bridgehead atoms. The molecule has 0 heterocycles. The van der Waals surface area contributed by atoms with Gasteiger partial charge in [0.15, 0.2) is 0 Å². The molecule has 20 heavy (non-hydrogen) atoms. The van der Waals surface area contributed by atoms with Gasteiger partial charge in [-0.3, -0.25) is 4.79 Å². The number of amides is 1. The standard InChI is InChI=1S/C13H21N3O3S/c1-10-6-7-12(8-11(10)2)14-13(17)9-16(5)20(18,19)15(3)4/h6-8H,9H2,1-5H3,(H,14,17). The predicted octanol–water partition coefficient (Wildman–Crippen LogP) is 0.980. The molecule has 6 nitrogen and oxygen atoms in total. The van der Waals surface area contributed by atoms with Gasteiger partial charge in [-0.2, -0.15) is 17.0 Å². The molecule has 0 aromatic heterocycles. The van der Waals surface area contributed by atoms with Crippen molar-refractivity contribution in [1.82, 2.24) is 8.61 Å². The summed E-state index contributed by atoms with van der Waals surface area (Å²) in [6, 6.07) is 5.56. The summed E-state index contributed by atoms with van der Waals surface area (Å²) >= 11 is 0. The molecular weight excluding hydrogens is 278 g/mol. The summed E-state index contributed by atoms with van der Waals surface area (Å²) in [7, 11) is 0.644. The number of nitrogens with zero attached hydrogens (tertiary/aromatic N) is 2. The van der Waals surface area contributed by atoms with Crippen molar-refractivity contribution >= 4 is 21.8 Å². The van der Waals surface area contributed by atoms with E-state index in [1.807, 2.05) is 26.0 Å². The van der Waals surface area contributed by atoms with Gasteiger partial charge in [-0.1, -0.05) is 6.07 Å². The second-order valence-corrected chi connectivity index (χ2v) is 7.14. The Bertz CT molecular complexity index is 597. The number of rotatable bonds is 5. The second kappa shape index (κ2) is 6.34. The predicted molar refractivity (Wildman–Crippen MR) is 79.8 cm³/mol. The van der Waals surface area contributed by atoms with Crippen LogP contribution in [0.4, 0.5) is 5.69 Å². The first kappa shape index (κ1) is 16.6. The molecule has 0 saturated heterocycles. The fourth-order valence-corrected chi connectivity index (χ4v) is 2.42. The Morgan fingerprint density at radius 3 is 2.25 bits per heavy atom. The van der Waals surface area contributed by atoms with Crippen LogP contribution in [0.25, 0.3) is 0 Å². The Morgan fingerprint density at radius 1 is 1.15 bits per heavy atom. The number of benzene rings is 1. The van der Waals surface area contributed by atoms with Crippen LogP contribution in [0.15, 0.2) is 18.2 Å². The number of carbonyl (C=O) groups is 1. The van der Waals surface area contributed by atoms with Gasteiger partial charge < -0.3 is 5.32 Å². The molecule has 1 rings (SSSR count). The van der Waals surface area contributed by atoms with Gasteiger partial charge in [0, 0.05) is 26.8 Å². The number of hydrogen-bond acceptors (Lipinski definition) is 3. The van der Waals surface area contributed by atoms with E-state index in [1.165, 1.54) is 21.1 Å². The van der Waals surface area contributed by atoms with E-state index in [4.69, 9.17) is 0 Å². The molecule has 0 atom stereocenters. The Balaban J connectivity index is 2.71. The van der Waals surface area contributed by atoms with Crippen molar-refractivity contribution in [3.63, 3.8) is 0 Å². The van der Waals surface area contributed by atoms with E-state index in [0.29, 0.717) is 5.69 Å². The lowest BCUT2D eigenvalue weighted by Crippen LogP contribution is -2.41. The van der Waals surface area contributed by atoms with Gasteiger partial charge in [0.1, 0.15) is 0 Å². The average Bonchev–Trinajstić information content (AvgIpc) is 2.33. The van der Waals surface area contributed by atoms with Crippen LogP contribution >= 0.6 is 0 Å². The zero-order valence-corrected chi connectivity index (χ0v) is 13.3. The summed E-state index contributed by atoms with van der Waals surface area (Å²) in [6.45, 7) is 3.71. The third-order valence-electron chi connectivity index (χ3n) is 3.01. The van der Waals surface area contributed by atoms with Crippen LogP contribution in [0.5, 0.6) is 0 Å². The van der Waals surface area contributed by atoms with Gasteiger partial charge in [0.2, 0.25) is 5.91 Å².